The van der Waals surface area contributed by atoms with Gasteiger partial charge in [-0.05, 0) is 40.2 Å². The number of hydrogen-bond acceptors (Lipinski definition) is 9. The zero-order valence-corrected chi connectivity index (χ0v) is 21.8. The summed E-state index contributed by atoms with van der Waals surface area (Å²) in [5.41, 5.74) is 0.826. The number of aromatic nitrogens is 2. The molecule has 5 rings (SSSR count). The van der Waals surface area contributed by atoms with Crippen LogP contribution in [0.3, 0.4) is 0 Å². The van der Waals surface area contributed by atoms with Crippen molar-refractivity contribution in [3.8, 4) is 11.5 Å². The molecular formula is C24H25BrClN3O6. The Labute approximate surface area is 216 Å². The van der Waals surface area contributed by atoms with Gasteiger partial charge >= 0.3 is 0 Å². The van der Waals surface area contributed by atoms with Crippen LogP contribution in [0.5, 0.6) is 11.5 Å². The lowest BCUT2D eigenvalue weighted by Gasteiger charge is -2.30. The summed E-state index contributed by atoms with van der Waals surface area (Å²) in [6.45, 7) is 1.09. The van der Waals surface area contributed by atoms with Crippen molar-refractivity contribution >= 4 is 49.9 Å². The Balaban J connectivity index is 1.41. The van der Waals surface area contributed by atoms with E-state index in [0.717, 1.165) is 15.5 Å². The maximum Gasteiger partial charge on any atom is 0.164 e. The van der Waals surface area contributed by atoms with Gasteiger partial charge < -0.3 is 33.7 Å². The summed E-state index contributed by atoms with van der Waals surface area (Å²) in [7, 11) is 4.86. The summed E-state index contributed by atoms with van der Waals surface area (Å²) in [4.78, 5) is 8.84. The van der Waals surface area contributed by atoms with Gasteiger partial charge in [0.1, 0.15) is 30.0 Å². The number of nitrogens with one attached hydrogen (secondary N) is 1. The average molecular weight is 567 g/mol. The molecule has 0 spiro atoms. The van der Waals surface area contributed by atoms with E-state index in [-0.39, 0.29) is 18.3 Å². The Hall–Kier alpha value is -2.21. The summed E-state index contributed by atoms with van der Waals surface area (Å²) in [6, 6.07) is 9.27. The molecule has 0 unspecified atom stereocenters. The third-order valence-electron chi connectivity index (χ3n) is 6.32. The Bertz CT molecular complexity index is 1230. The fourth-order valence-electron chi connectivity index (χ4n) is 4.54. The SMILES string of the molecule is COC[C@@]1(OC)CO[C@@H]2[C@@H](Oc3cc4ncnc(Nc5ccc(Br)c(Cl)c5)c4cc3OC)CO[C@@H]21. The number of methoxy groups -OCH3 is 3. The molecule has 2 fully saturated rings. The van der Waals surface area contributed by atoms with E-state index in [1.165, 1.54) is 6.33 Å². The van der Waals surface area contributed by atoms with Crippen LogP contribution < -0.4 is 14.8 Å². The van der Waals surface area contributed by atoms with Crippen molar-refractivity contribution in [3.05, 3.63) is 46.2 Å². The van der Waals surface area contributed by atoms with Crippen molar-refractivity contribution in [2.24, 2.45) is 0 Å². The van der Waals surface area contributed by atoms with Crippen molar-refractivity contribution in [1.82, 2.24) is 9.97 Å². The lowest BCUT2D eigenvalue weighted by atomic mass is 9.96. The standard InChI is InChI=1S/C24H25BrClN3O6/c1-30-10-24(32-3)11-34-21-20(9-33-22(21)24)35-19-8-17-14(7-18(19)31-2)23(28-12-27-17)29-13-4-5-15(25)16(26)6-13/h4-8,12,20-22H,9-11H2,1-3H3,(H,27,28,29)/t20-,21+,22-,24+/m0/s1. The summed E-state index contributed by atoms with van der Waals surface area (Å²) >= 11 is 9.64. The van der Waals surface area contributed by atoms with Crippen molar-refractivity contribution in [2.75, 3.05) is 46.5 Å². The minimum Gasteiger partial charge on any atom is -0.493 e. The topological polar surface area (TPSA) is 93.2 Å². The molecule has 3 aromatic rings. The van der Waals surface area contributed by atoms with Crippen molar-refractivity contribution < 1.29 is 28.4 Å². The molecule has 2 saturated heterocycles. The molecule has 0 radical (unpaired) electrons. The second kappa shape index (κ2) is 10.0. The molecule has 186 valence electrons. The van der Waals surface area contributed by atoms with Crippen LogP contribution in [-0.4, -0.2) is 75.0 Å². The molecule has 0 aliphatic carbocycles. The van der Waals surface area contributed by atoms with Gasteiger partial charge in [-0.2, -0.15) is 0 Å². The molecule has 1 N–H and O–H groups in total. The maximum atomic E-state index is 6.35. The number of anilines is 2. The summed E-state index contributed by atoms with van der Waals surface area (Å²) < 4.78 is 36.0. The molecule has 0 saturated carbocycles. The predicted molar refractivity (Wildman–Crippen MR) is 134 cm³/mol. The average Bonchev–Trinajstić information content (AvgIpc) is 3.43. The van der Waals surface area contributed by atoms with Gasteiger partial charge in [-0.25, -0.2) is 9.97 Å². The molecule has 0 bridgehead atoms. The summed E-state index contributed by atoms with van der Waals surface area (Å²) in [6.07, 6.45) is 0.563. The zero-order chi connectivity index (χ0) is 24.6. The lowest BCUT2D eigenvalue weighted by molar-refractivity contribution is -0.126. The number of halogens is 2. The summed E-state index contributed by atoms with van der Waals surface area (Å²) in [5.74, 6) is 1.70. The number of nitrogens with zero attached hydrogens (tertiary/aromatic N) is 2. The lowest BCUT2D eigenvalue weighted by Crippen LogP contribution is -2.49. The number of ether oxygens (including phenoxy) is 6. The molecular weight excluding hydrogens is 542 g/mol. The fourth-order valence-corrected chi connectivity index (χ4v) is 4.97. The van der Waals surface area contributed by atoms with Crippen LogP contribution in [0.1, 0.15) is 0 Å². The molecule has 4 atom stereocenters. The van der Waals surface area contributed by atoms with Gasteiger partial charge in [0.2, 0.25) is 0 Å². The molecule has 9 nitrogen and oxygen atoms in total. The first-order valence-corrected chi connectivity index (χ1v) is 12.1. The predicted octanol–water partition coefficient (Wildman–Crippen LogP) is 4.37. The van der Waals surface area contributed by atoms with Crippen LogP contribution in [-0.2, 0) is 18.9 Å². The molecule has 2 aliphatic rings. The minimum atomic E-state index is -0.658. The number of fused-ring (bicyclic) bond motifs is 2. The molecule has 1 aromatic heterocycles. The molecule has 3 heterocycles. The van der Waals surface area contributed by atoms with Crippen LogP contribution in [0.4, 0.5) is 11.5 Å². The van der Waals surface area contributed by atoms with E-state index in [0.29, 0.717) is 47.7 Å². The van der Waals surface area contributed by atoms with Gasteiger partial charge in [0.15, 0.2) is 17.6 Å². The van der Waals surface area contributed by atoms with Crippen molar-refractivity contribution in [3.63, 3.8) is 0 Å². The monoisotopic (exact) mass is 565 g/mol. The quantitative estimate of drug-likeness (QED) is 0.426. The van der Waals surface area contributed by atoms with E-state index >= 15 is 0 Å². The van der Waals surface area contributed by atoms with Gasteiger partial charge in [0, 0.05) is 35.8 Å². The Kier molecular flexibility index (Phi) is 7.02. The Morgan fingerprint density at radius 2 is 2.00 bits per heavy atom. The van der Waals surface area contributed by atoms with Crippen molar-refractivity contribution in [2.45, 2.75) is 23.9 Å². The van der Waals surface area contributed by atoms with Gasteiger partial charge in [-0.3, -0.25) is 0 Å². The molecule has 0 amide bonds. The van der Waals surface area contributed by atoms with E-state index in [2.05, 4.69) is 31.2 Å². The van der Waals surface area contributed by atoms with Gasteiger partial charge in [0.25, 0.3) is 0 Å². The first-order chi connectivity index (χ1) is 17.0. The van der Waals surface area contributed by atoms with E-state index < -0.39 is 5.60 Å². The highest BCUT2D eigenvalue weighted by atomic mass is 79.9. The zero-order valence-electron chi connectivity index (χ0n) is 19.4. The van der Waals surface area contributed by atoms with E-state index in [4.69, 9.17) is 40.0 Å². The maximum absolute atomic E-state index is 6.35. The first kappa shape index (κ1) is 24.5. The molecule has 11 heteroatoms. The van der Waals surface area contributed by atoms with Gasteiger partial charge in [-0.1, -0.05) is 11.6 Å². The summed E-state index contributed by atoms with van der Waals surface area (Å²) in [5, 5.41) is 4.66. The van der Waals surface area contributed by atoms with Crippen LogP contribution in [0.2, 0.25) is 5.02 Å². The number of hydrogen-bond donors (Lipinski definition) is 1. The van der Waals surface area contributed by atoms with Crippen LogP contribution in [0, 0.1) is 0 Å². The van der Waals surface area contributed by atoms with Crippen LogP contribution in [0.15, 0.2) is 41.1 Å². The number of rotatable bonds is 8. The Morgan fingerprint density at radius 3 is 2.74 bits per heavy atom. The van der Waals surface area contributed by atoms with Crippen LogP contribution >= 0.6 is 27.5 Å². The third kappa shape index (κ3) is 4.54. The third-order valence-corrected chi connectivity index (χ3v) is 7.55. The van der Waals surface area contributed by atoms with Crippen molar-refractivity contribution in [1.29, 1.82) is 0 Å². The second-order valence-electron chi connectivity index (χ2n) is 8.38. The van der Waals surface area contributed by atoms with Gasteiger partial charge in [-0.15, -0.1) is 0 Å². The molecule has 2 aromatic carbocycles. The van der Waals surface area contributed by atoms with E-state index in [1.54, 1.807) is 21.3 Å². The number of benzene rings is 2. The second-order valence-corrected chi connectivity index (χ2v) is 9.65. The van der Waals surface area contributed by atoms with Crippen LogP contribution in [0.25, 0.3) is 10.9 Å². The first-order valence-electron chi connectivity index (χ1n) is 11.0. The highest BCUT2D eigenvalue weighted by Gasteiger charge is 2.58. The Morgan fingerprint density at radius 1 is 1.14 bits per heavy atom. The highest BCUT2D eigenvalue weighted by molar-refractivity contribution is 9.10. The molecule has 35 heavy (non-hydrogen) atoms. The van der Waals surface area contributed by atoms with Gasteiger partial charge in [0.05, 0.1) is 37.5 Å². The largest absolute Gasteiger partial charge is 0.493 e. The highest BCUT2D eigenvalue weighted by Crippen LogP contribution is 2.41. The molecule has 2 aliphatic heterocycles. The normalized spacial score (nSPS) is 25.6. The fraction of sp³-hybridized carbons (Fsp3) is 0.417. The van der Waals surface area contributed by atoms with E-state index in [1.807, 2.05) is 30.3 Å². The smallest absolute Gasteiger partial charge is 0.164 e. The minimum absolute atomic E-state index is 0.292. The van der Waals surface area contributed by atoms with E-state index in [9.17, 15) is 0 Å².